The maximum atomic E-state index is 11.7. The number of carbonyl (C=O) groups excluding carboxylic acids is 1. The summed E-state index contributed by atoms with van der Waals surface area (Å²) in [6.45, 7) is -0.0269. The van der Waals surface area contributed by atoms with Crippen LogP contribution in [0.15, 0.2) is 58.8 Å². The van der Waals surface area contributed by atoms with E-state index in [1.807, 2.05) is 0 Å². The number of amides is 1. The first-order valence-electron chi connectivity index (χ1n) is 6.71. The zero-order valence-corrected chi connectivity index (χ0v) is 13.2. The second-order valence-corrected chi connectivity index (χ2v) is 6.74. The fraction of sp³-hybridized carbons (Fsp3) is 0.133. The van der Waals surface area contributed by atoms with Gasteiger partial charge in [0.15, 0.2) is 9.84 Å². The molecule has 0 bridgehead atoms. The summed E-state index contributed by atoms with van der Waals surface area (Å²) in [6.07, 6.45) is 5.88. The monoisotopic (exact) mass is 332 g/mol. The van der Waals surface area contributed by atoms with Gasteiger partial charge in [0.05, 0.1) is 17.7 Å². The maximum absolute atomic E-state index is 11.7. The van der Waals surface area contributed by atoms with E-state index in [-0.39, 0.29) is 17.3 Å². The molecule has 1 amide bonds. The van der Waals surface area contributed by atoms with E-state index >= 15 is 0 Å². The quantitative estimate of drug-likeness (QED) is 0.608. The van der Waals surface area contributed by atoms with Crippen LogP contribution in [-0.4, -0.2) is 38.3 Å². The predicted octanol–water partition coefficient (Wildman–Crippen LogP) is 1.05. The van der Waals surface area contributed by atoms with E-state index in [0.717, 1.165) is 11.8 Å². The number of sulfone groups is 1. The number of hydrogen-bond donors (Lipinski definition) is 2. The molecule has 0 aliphatic heterocycles. The number of benzene rings is 1. The van der Waals surface area contributed by atoms with E-state index in [1.165, 1.54) is 18.3 Å². The number of hydrazone groups is 1. The summed E-state index contributed by atoms with van der Waals surface area (Å²) in [4.78, 5) is 15.7. The van der Waals surface area contributed by atoms with Gasteiger partial charge in [-0.15, -0.1) is 0 Å². The summed E-state index contributed by atoms with van der Waals surface area (Å²) < 4.78 is 22.9. The van der Waals surface area contributed by atoms with E-state index in [4.69, 9.17) is 0 Å². The van der Waals surface area contributed by atoms with Crippen LogP contribution in [0.4, 0.5) is 5.69 Å². The summed E-state index contributed by atoms with van der Waals surface area (Å²) in [7, 11) is -3.28. The molecule has 0 saturated carbocycles. The standard InChI is InChI=1S/C15H16N4O3S/c1-23(21,22)14-4-2-3-13(9-14)17-11-15(20)19-18-10-12-5-7-16-8-6-12/h2-10,17H,11H2,1H3,(H,19,20). The highest BCUT2D eigenvalue weighted by Gasteiger charge is 2.07. The molecule has 0 aliphatic rings. The molecule has 2 N–H and O–H groups in total. The van der Waals surface area contributed by atoms with Crippen molar-refractivity contribution in [1.82, 2.24) is 10.4 Å². The molecule has 1 heterocycles. The first-order chi connectivity index (χ1) is 10.9. The molecule has 120 valence electrons. The van der Waals surface area contributed by atoms with Crippen molar-refractivity contribution in [3.05, 3.63) is 54.4 Å². The van der Waals surface area contributed by atoms with Crippen LogP contribution in [0, 0.1) is 0 Å². The van der Waals surface area contributed by atoms with Crippen molar-refractivity contribution < 1.29 is 13.2 Å². The van der Waals surface area contributed by atoms with Gasteiger partial charge in [-0.3, -0.25) is 9.78 Å². The number of anilines is 1. The highest BCUT2D eigenvalue weighted by molar-refractivity contribution is 7.90. The van der Waals surface area contributed by atoms with E-state index in [0.29, 0.717) is 5.69 Å². The average molecular weight is 332 g/mol. The van der Waals surface area contributed by atoms with Gasteiger partial charge >= 0.3 is 0 Å². The lowest BCUT2D eigenvalue weighted by Crippen LogP contribution is -2.25. The Morgan fingerprint density at radius 1 is 1.26 bits per heavy atom. The normalized spacial score (nSPS) is 11.3. The number of nitrogens with zero attached hydrogens (tertiary/aromatic N) is 2. The van der Waals surface area contributed by atoms with Crippen LogP contribution < -0.4 is 10.7 Å². The van der Waals surface area contributed by atoms with Crippen LogP contribution in [-0.2, 0) is 14.6 Å². The average Bonchev–Trinajstić information content (AvgIpc) is 2.53. The van der Waals surface area contributed by atoms with Crippen molar-refractivity contribution >= 4 is 27.6 Å². The smallest absolute Gasteiger partial charge is 0.259 e. The first kappa shape index (κ1) is 16.6. The summed E-state index contributed by atoms with van der Waals surface area (Å²) in [5.41, 5.74) is 3.73. The van der Waals surface area contributed by atoms with Crippen molar-refractivity contribution in [2.75, 3.05) is 18.1 Å². The molecule has 7 nitrogen and oxygen atoms in total. The lowest BCUT2D eigenvalue weighted by atomic mass is 10.3. The SMILES string of the molecule is CS(=O)(=O)c1cccc(NCC(=O)NN=Cc2ccncc2)c1. The highest BCUT2D eigenvalue weighted by atomic mass is 32.2. The molecule has 0 atom stereocenters. The van der Waals surface area contributed by atoms with Crippen LogP contribution in [0.25, 0.3) is 0 Å². The van der Waals surface area contributed by atoms with Gasteiger partial charge in [0.2, 0.25) is 0 Å². The third-order valence-electron chi connectivity index (χ3n) is 2.82. The van der Waals surface area contributed by atoms with E-state index in [9.17, 15) is 13.2 Å². The van der Waals surface area contributed by atoms with Gasteiger partial charge in [-0.1, -0.05) is 6.07 Å². The Bertz CT molecular complexity index is 804. The predicted molar refractivity (Wildman–Crippen MR) is 88.0 cm³/mol. The Labute approximate surface area is 134 Å². The van der Waals surface area contributed by atoms with Gasteiger partial charge in [0.1, 0.15) is 0 Å². The van der Waals surface area contributed by atoms with E-state index in [1.54, 1.807) is 36.7 Å². The van der Waals surface area contributed by atoms with Crippen LogP contribution in [0.5, 0.6) is 0 Å². The lowest BCUT2D eigenvalue weighted by molar-refractivity contribution is -0.119. The Morgan fingerprint density at radius 2 is 2.00 bits per heavy atom. The molecule has 2 rings (SSSR count). The summed E-state index contributed by atoms with van der Waals surface area (Å²) in [5, 5.41) is 6.67. The number of rotatable bonds is 6. The molecule has 1 aromatic heterocycles. The van der Waals surface area contributed by atoms with Crippen molar-refractivity contribution in [3.63, 3.8) is 0 Å². The molecule has 0 spiro atoms. The third kappa shape index (κ3) is 5.51. The van der Waals surface area contributed by atoms with Gasteiger partial charge in [-0.05, 0) is 35.9 Å². The van der Waals surface area contributed by atoms with Gasteiger partial charge in [0.25, 0.3) is 5.91 Å². The van der Waals surface area contributed by atoms with E-state index in [2.05, 4.69) is 20.8 Å². The van der Waals surface area contributed by atoms with Crippen molar-refractivity contribution in [1.29, 1.82) is 0 Å². The second-order valence-electron chi connectivity index (χ2n) is 4.73. The molecule has 0 aliphatic carbocycles. The number of carbonyl (C=O) groups is 1. The highest BCUT2D eigenvalue weighted by Crippen LogP contribution is 2.14. The Kier molecular flexibility index (Phi) is 5.42. The fourth-order valence-corrected chi connectivity index (χ4v) is 2.35. The summed E-state index contributed by atoms with van der Waals surface area (Å²) in [6, 6.07) is 9.78. The minimum Gasteiger partial charge on any atom is -0.376 e. The van der Waals surface area contributed by atoms with Crippen molar-refractivity contribution in [3.8, 4) is 0 Å². The minimum atomic E-state index is -3.28. The number of nitrogens with one attached hydrogen (secondary N) is 2. The molecule has 0 saturated heterocycles. The Morgan fingerprint density at radius 3 is 2.70 bits per heavy atom. The molecule has 2 aromatic rings. The molecular formula is C15H16N4O3S. The number of hydrogen-bond acceptors (Lipinski definition) is 6. The third-order valence-corrected chi connectivity index (χ3v) is 3.93. The molecule has 0 unspecified atom stereocenters. The maximum Gasteiger partial charge on any atom is 0.259 e. The summed E-state index contributed by atoms with van der Waals surface area (Å²) >= 11 is 0. The Hall–Kier alpha value is -2.74. The minimum absolute atomic E-state index is 0.0269. The number of pyridine rings is 1. The van der Waals surface area contributed by atoms with Gasteiger partial charge in [-0.25, -0.2) is 13.8 Å². The molecule has 1 aromatic carbocycles. The van der Waals surface area contributed by atoms with Crippen LogP contribution in [0.1, 0.15) is 5.56 Å². The molecule has 0 radical (unpaired) electrons. The Balaban J connectivity index is 1.86. The van der Waals surface area contributed by atoms with Gasteiger partial charge < -0.3 is 5.32 Å². The van der Waals surface area contributed by atoms with Gasteiger partial charge in [-0.2, -0.15) is 5.10 Å². The zero-order chi connectivity index (χ0) is 16.7. The zero-order valence-electron chi connectivity index (χ0n) is 12.4. The molecule has 23 heavy (non-hydrogen) atoms. The van der Waals surface area contributed by atoms with E-state index < -0.39 is 9.84 Å². The lowest BCUT2D eigenvalue weighted by Gasteiger charge is -2.06. The van der Waals surface area contributed by atoms with Crippen LogP contribution in [0.2, 0.25) is 0 Å². The first-order valence-corrected chi connectivity index (χ1v) is 8.60. The molecule has 0 fully saturated rings. The fourth-order valence-electron chi connectivity index (χ4n) is 1.69. The van der Waals surface area contributed by atoms with Crippen molar-refractivity contribution in [2.45, 2.75) is 4.90 Å². The molecular weight excluding hydrogens is 316 g/mol. The molecule has 8 heteroatoms. The van der Waals surface area contributed by atoms with Crippen molar-refractivity contribution in [2.24, 2.45) is 5.10 Å². The number of aromatic nitrogens is 1. The van der Waals surface area contributed by atoms with Crippen LogP contribution in [0.3, 0.4) is 0 Å². The van der Waals surface area contributed by atoms with Gasteiger partial charge in [0, 0.05) is 24.3 Å². The van der Waals surface area contributed by atoms with Crippen LogP contribution >= 0.6 is 0 Å². The largest absolute Gasteiger partial charge is 0.376 e. The summed E-state index contributed by atoms with van der Waals surface area (Å²) in [5.74, 6) is -0.347. The topological polar surface area (TPSA) is 101 Å². The second kappa shape index (κ2) is 7.50.